The van der Waals surface area contributed by atoms with Crippen LogP contribution in [0.4, 0.5) is 0 Å². The summed E-state index contributed by atoms with van der Waals surface area (Å²) in [6, 6.07) is 5.86. The third-order valence-electron chi connectivity index (χ3n) is 3.35. The maximum absolute atomic E-state index is 6.07. The Kier molecular flexibility index (Phi) is 4.58. The third-order valence-corrected chi connectivity index (χ3v) is 3.58. The second-order valence-electron chi connectivity index (χ2n) is 4.55. The third kappa shape index (κ3) is 3.15. The van der Waals surface area contributed by atoms with Crippen LogP contribution in [0.5, 0.6) is 0 Å². The highest BCUT2D eigenvalue weighted by molar-refractivity contribution is 6.30. The van der Waals surface area contributed by atoms with E-state index < -0.39 is 0 Å². The minimum atomic E-state index is 0.00593. The van der Waals surface area contributed by atoms with Crippen molar-refractivity contribution in [1.82, 2.24) is 15.0 Å². The van der Waals surface area contributed by atoms with Gasteiger partial charge in [-0.3, -0.25) is 11.3 Å². The van der Waals surface area contributed by atoms with Gasteiger partial charge in [0.2, 0.25) is 0 Å². The van der Waals surface area contributed by atoms with Crippen molar-refractivity contribution in [2.45, 2.75) is 32.9 Å². The molecule has 102 valence electrons. The molecule has 0 aliphatic carbocycles. The molecule has 1 atom stereocenters. The van der Waals surface area contributed by atoms with Crippen LogP contribution in [0.2, 0.25) is 5.02 Å². The Morgan fingerprint density at radius 1 is 1.47 bits per heavy atom. The number of aromatic nitrogens is 2. The van der Waals surface area contributed by atoms with Gasteiger partial charge in [0.05, 0.1) is 6.04 Å². The van der Waals surface area contributed by atoms with Gasteiger partial charge in [0.1, 0.15) is 5.82 Å². The van der Waals surface area contributed by atoms with Gasteiger partial charge in [-0.2, -0.15) is 0 Å². The average molecular weight is 279 g/mol. The summed E-state index contributed by atoms with van der Waals surface area (Å²) in [6.45, 7) is 5.06. The van der Waals surface area contributed by atoms with Crippen LogP contribution in [0.25, 0.3) is 0 Å². The molecule has 0 spiro atoms. The lowest BCUT2D eigenvalue weighted by atomic mass is 9.99. The molecule has 0 aliphatic heterocycles. The Bertz CT molecular complexity index is 550. The molecule has 2 rings (SSSR count). The van der Waals surface area contributed by atoms with E-state index in [1.54, 1.807) is 0 Å². The van der Waals surface area contributed by atoms with Gasteiger partial charge in [0.25, 0.3) is 0 Å². The summed E-state index contributed by atoms with van der Waals surface area (Å²) in [7, 11) is 0. The number of rotatable bonds is 5. The first-order valence-corrected chi connectivity index (χ1v) is 6.75. The topological polar surface area (TPSA) is 55.9 Å². The zero-order chi connectivity index (χ0) is 13.8. The van der Waals surface area contributed by atoms with Crippen LogP contribution in [0, 0.1) is 6.92 Å². The van der Waals surface area contributed by atoms with E-state index in [1.165, 1.54) is 5.56 Å². The fourth-order valence-corrected chi connectivity index (χ4v) is 2.43. The summed E-state index contributed by atoms with van der Waals surface area (Å²) in [6.07, 6.45) is 4.53. The van der Waals surface area contributed by atoms with Crippen LogP contribution < -0.4 is 11.3 Å². The first kappa shape index (κ1) is 14.1. The molecule has 19 heavy (non-hydrogen) atoms. The highest BCUT2D eigenvalue weighted by Crippen LogP contribution is 2.24. The van der Waals surface area contributed by atoms with Crippen LogP contribution in [-0.2, 0) is 13.0 Å². The zero-order valence-corrected chi connectivity index (χ0v) is 12.0. The Balaban J connectivity index is 2.27. The lowest BCUT2D eigenvalue weighted by Gasteiger charge is -2.19. The van der Waals surface area contributed by atoms with Crippen LogP contribution in [0.15, 0.2) is 30.6 Å². The summed E-state index contributed by atoms with van der Waals surface area (Å²) < 4.78 is 2.12. The maximum Gasteiger partial charge on any atom is 0.110 e. The fourth-order valence-electron chi connectivity index (χ4n) is 2.25. The molecule has 1 aromatic heterocycles. The molecule has 0 radical (unpaired) electrons. The molecule has 0 bridgehead atoms. The van der Waals surface area contributed by atoms with Crippen molar-refractivity contribution < 1.29 is 0 Å². The molecule has 1 unspecified atom stereocenters. The number of nitrogens with one attached hydrogen (secondary N) is 1. The largest absolute Gasteiger partial charge is 0.335 e. The Labute approximate surface area is 118 Å². The lowest BCUT2D eigenvalue weighted by molar-refractivity contribution is 0.521. The number of hydrogen-bond donors (Lipinski definition) is 2. The summed E-state index contributed by atoms with van der Waals surface area (Å²) in [5.74, 6) is 6.72. The highest BCUT2D eigenvalue weighted by Gasteiger charge is 2.16. The quantitative estimate of drug-likeness (QED) is 0.653. The highest BCUT2D eigenvalue weighted by atomic mass is 35.5. The van der Waals surface area contributed by atoms with Gasteiger partial charge in [0, 0.05) is 30.4 Å². The Hall–Kier alpha value is -1.36. The van der Waals surface area contributed by atoms with Crippen molar-refractivity contribution in [2.75, 3.05) is 0 Å². The molecule has 5 heteroatoms. The van der Waals surface area contributed by atoms with Crippen LogP contribution in [-0.4, -0.2) is 9.55 Å². The smallest absolute Gasteiger partial charge is 0.110 e. The summed E-state index contributed by atoms with van der Waals surface area (Å²) in [5.41, 5.74) is 5.14. The van der Waals surface area contributed by atoms with Crippen molar-refractivity contribution in [3.63, 3.8) is 0 Å². The van der Waals surface area contributed by atoms with Gasteiger partial charge in [-0.15, -0.1) is 0 Å². The standard InChI is InChI=1S/C14H19ClN4/c1-3-19-7-6-17-14(19)9-13(18-16)12-8-11(15)5-4-10(12)2/h4-8,13,18H,3,9,16H2,1-2H3. The number of nitrogens with two attached hydrogens (primary N) is 1. The van der Waals surface area contributed by atoms with Crippen LogP contribution in [0.3, 0.4) is 0 Å². The Morgan fingerprint density at radius 3 is 2.95 bits per heavy atom. The van der Waals surface area contributed by atoms with Gasteiger partial charge < -0.3 is 4.57 Å². The molecule has 0 fully saturated rings. The number of nitrogens with zero attached hydrogens (tertiary/aromatic N) is 2. The SMILES string of the molecule is CCn1ccnc1CC(NN)c1cc(Cl)ccc1C. The molecule has 4 nitrogen and oxygen atoms in total. The molecule has 0 aliphatic rings. The second kappa shape index (κ2) is 6.19. The molecule has 1 heterocycles. The van der Waals surface area contributed by atoms with Gasteiger partial charge in [-0.1, -0.05) is 17.7 Å². The van der Waals surface area contributed by atoms with E-state index in [2.05, 4.69) is 28.8 Å². The van der Waals surface area contributed by atoms with Crippen LogP contribution in [0.1, 0.15) is 29.9 Å². The second-order valence-corrected chi connectivity index (χ2v) is 4.99. The number of hydrogen-bond acceptors (Lipinski definition) is 3. The van der Waals surface area contributed by atoms with E-state index in [1.807, 2.05) is 30.6 Å². The summed E-state index contributed by atoms with van der Waals surface area (Å²) in [4.78, 5) is 4.39. The first-order valence-electron chi connectivity index (χ1n) is 6.38. The predicted octanol–water partition coefficient (Wildman–Crippen LogP) is 2.61. The summed E-state index contributed by atoms with van der Waals surface area (Å²) >= 11 is 6.07. The van der Waals surface area contributed by atoms with E-state index in [0.29, 0.717) is 0 Å². The molecule has 2 aromatic rings. The van der Waals surface area contributed by atoms with Gasteiger partial charge >= 0.3 is 0 Å². The predicted molar refractivity (Wildman–Crippen MR) is 77.9 cm³/mol. The van der Waals surface area contributed by atoms with E-state index >= 15 is 0 Å². The van der Waals surface area contributed by atoms with Crippen LogP contribution >= 0.6 is 11.6 Å². The van der Waals surface area contributed by atoms with Crippen molar-refractivity contribution in [1.29, 1.82) is 0 Å². The Morgan fingerprint density at radius 2 is 2.26 bits per heavy atom. The number of imidazole rings is 1. The van der Waals surface area contributed by atoms with Crippen molar-refractivity contribution in [3.05, 3.63) is 52.6 Å². The molecule has 0 saturated carbocycles. The number of halogens is 1. The maximum atomic E-state index is 6.07. The normalized spacial score (nSPS) is 12.6. The van der Waals surface area contributed by atoms with E-state index in [9.17, 15) is 0 Å². The molecule has 0 saturated heterocycles. The van der Waals surface area contributed by atoms with Crippen molar-refractivity contribution in [3.8, 4) is 0 Å². The molecular formula is C14H19ClN4. The first-order chi connectivity index (χ1) is 9.15. The minimum absolute atomic E-state index is 0.00593. The minimum Gasteiger partial charge on any atom is -0.335 e. The monoisotopic (exact) mass is 278 g/mol. The molecule has 3 N–H and O–H groups in total. The molecule has 0 amide bonds. The molecule has 1 aromatic carbocycles. The van der Waals surface area contributed by atoms with Gasteiger partial charge in [-0.25, -0.2) is 4.98 Å². The van der Waals surface area contributed by atoms with E-state index in [-0.39, 0.29) is 6.04 Å². The van der Waals surface area contributed by atoms with E-state index in [0.717, 1.165) is 29.4 Å². The van der Waals surface area contributed by atoms with E-state index in [4.69, 9.17) is 17.4 Å². The average Bonchev–Trinajstić information content (AvgIpc) is 2.86. The lowest BCUT2D eigenvalue weighted by Crippen LogP contribution is -2.31. The number of hydrazine groups is 1. The molecular weight excluding hydrogens is 260 g/mol. The fraction of sp³-hybridized carbons (Fsp3) is 0.357. The van der Waals surface area contributed by atoms with Crippen molar-refractivity contribution in [2.24, 2.45) is 5.84 Å². The zero-order valence-electron chi connectivity index (χ0n) is 11.2. The summed E-state index contributed by atoms with van der Waals surface area (Å²) in [5, 5.41) is 0.722. The van der Waals surface area contributed by atoms with Crippen molar-refractivity contribution >= 4 is 11.6 Å². The van der Waals surface area contributed by atoms with Gasteiger partial charge in [0.15, 0.2) is 0 Å². The number of benzene rings is 1. The van der Waals surface area contributed by atoms with Gasteiger partial charge in [-0.05, 0) is 37.1 Å². The number of aryl methyl sites for hydroxylation is 2.